The molecule has 1 saturated heterocycles. The topological polar surface area (TPSA) is 71.3 Å². The van der Waals surface area contributed by atoms with Gasteiger partial charge in [0, 0.05) is 30.0 Å². The number of nitrogens with one attached hydrogen (secondary N) is 1. The average Bonchev–Trinajstić information content (AvgIpc) is 3.35. The molecule has 1 N–H and O–H groups in total. The number of hydrogen-bond donors (Lipinski definition) is 1. The smallest absolute Gasteiger partial charge is 0.313 e. The SMILES string of the molecule is O=C(Nc1ccc(N2CCCC2)cc1)c1nnc(-c2ccccc2)o1. The number of hydrogen-bond acceptors (Lipinski definition) is 5. The minimum Gasteiger partial charge on any atom is -0.412 e. The van der Waals surface area contributed by atoms with Crippen LogP contribution in [0.4, 0.5) is 11.4 Å². The van der Waals surface area contributed by atoms with Gasteiger partial charge >= 0.3 is 11.8 Å². The van der Waals surface area contributed by atoms with Crippen molar-refractivity contribution in [2.45, 2.75) is 12.8 Å². The molecule has 1 aliphatic heterocycles. The van der Waals surface area contributed by atoms with Gasteiger partial charge in [-0.2, -0.15) is 0 Å². The molecule has 4 rings (SSSR count). The van der Waals surface area contributed by atoms with Crippen LogP contribution in [-0.4, -0.2) is 29.2 Å². The molecule has 2 heterocycles. The molecule has 0 atom stereocenters. The van der Waals surface area contributed by atoms with E-state index in [1.54, 1.807) is 0 Å². The third kappa shape index (κ3) is 3.38. The summed E-state index contributed by atoms with van der Waals surface area (Å²) in [6.45, 7) is 2.19. The monoisotopic (exact) mass is 334 g/mol. The molecule has 3 aromatic rings. The van der Waals surface area contributed by atoms with Gasteiger partial charge in [0.25, 0.3) is 0 Å². The van der Waals surface area contributed by atoms with Gasteiger partial charge in [-0.25, -0.2) is 0 Å². The summed E-state index contributed by atoms with van der Waals surface area (Å²) >= 11 is 0. The number of anilines is 2. The molecule has 0 bridgehead atoms. The predicted molar refractivity (Wildman–Crippen MR) is 95.6 cm³/mol. The Kier molecular flexibility index (Phi) is 4.16. The van der Waals surface area contributed by atoms with Crippen molar-refractivity contribution < 1.29 is 9.21 Å². The molecule has 1 amide bonds. The second-order valence-corrected chi connectivity index (χ2v) is 5.97. The molecule has 126 valence electrons. The van der Waals surface area contributed by atoms with E-state index in [1.807, 2.05) is 54.6 Å². The predicted octanol–water partition coefficient (Wildman–Crippen LogP) is 3.59. The number of nitrogens with zero attached hydrogens (tertiary/aromatic N) is 3. The summed E-state index contributed by atoms with van der Waals surface area (Å²) in [5, 5.41) is 10.6. The van der Waals surface area contributed by atoms with Gasteiger partial charge in [0.1, 0.15) is 0 Å². The van der Waals surface area contributed by atoms with Crippen molar-refractivity contribution in [2.24, 2.45) is 0 Å². The Morgan fingerprint density at radius 2 is 1.68 bits per heavy atom. The van der Waals surface area contributed by atoms with Crippen LogP contribution in [0.5, 0.6) is 0 Å². The summed E-state index contributed by atoms with van der Waals surface area (Å²) < 4.78 is 5.47. The molecule has 1 aliphatic rings. The van der Waals surface area contributed by atoms with Crippen molar-refractivity contribution in [1.82, 2.24) is 10.2 Å². The zero-order valence-corrected chi connectivity index (χ0v) is 13.7. The average molecular weight is 334 g/mol. The molecule has 0 unspecified atom stereocenters. The number of carbonyl (C=O) groups is 1. The lowest BCUT2D eigenvalue weighted by Crippen LogP contribution is -2.17. The van der Waals surface area contributed by atoms with E-state index in [4.69, 9.17) is 4.42 Å². The first-order valence-electron chi connectivity index (χ1n) is 8.35. The summed E-state index contributed by atoms with van der Waals surface area (Å²) in [4.78, 5) is 14.6. The minimum absolute atomic E-state index is 0.0533. The molecule has 0 radical (unpaired) electrons. The number of rotatable bonds is 4. The van der Waals surface area contributed by atoms with E-state index in [0.29, 0.717) is 11.6 Å². The molecule has 6 nitrogen and oxygen atoms in total. The Morgan fingerprint density at radius 3 is 2.40 bits per heavy atom. The third-order valence-corrected chi connectivity index (χ3v) is 4.24. The largest absolute Gasteiger partial charge is 0.412 e. The molecule has 0 aliphatic carbocycles. The van der Waals surface area contributed by atoms with Crippen molar-refractivity contribution in [2.75, 3.05) is 23.3 Å². The summed E-state index contributed by atoms with van der Waals surface area (Å²) in [5.41, 5.74) is 2.66. The maximum absolute atomic E-state index is 12.3. The minimum atomic E-state index is -0.413. The molecule has 1 aromatic heterocycles. The molecular weight excluding hydrogens is 316 g/mol. The van der Waals surface area contributed by atoms with Gasteiger partial charge in [-0.15, -0.1) is 10.2 Å². The zero-order chi connectivity index (χ0) is 17.1. The zero-order valence-electron chi connectivity index (χ0n) is 13.7. The maximum atomic E-state index is 12.3. The number of carbonyl (C=O) groups excluding carboxylic acids is 1. The molecule has 0 saturated carbocycles. The fourth-order valence-electron chi connectivity index (χ4n) is 2.93. The first kappa shape index (κ1) is 15.4. The summed E-state index contributed by atoms with van der Waals surface area (Å²) in [7, 11) is 0. The highest BCUT2D eigenvalue weighted by Crippen LogP contribution is 2.22. The van der Waals surface area contributed by atoms with Crippen LogP contribution in [0, 0.1) is 0 Å². The third-order valence-electron chi connectivity index (χ3n) is 4.24. The Morgan fingerprint density at radius 1 is 0.960 bits per heavy atom. The summed E-state index contributed by atoms with van der Waals surface area (Å²) in [6.07, 6.45) is 2.47. The van der Waals surface area contributed by atoms with Crippen LogP contribution in [0.3, 0.4) is 0 Å². The highest BCUT2D eigenvalue weighted by Gasteiger charge is 2.16. The van der Waals surface area contributed by atoms with Crippen LogP contribution in [0.15, 0.2) is 59.0 Å². The van der Waals surface area contributed by atoms with Crippen LogP contribution < -0.4 is 10.2 Å². The highest BCUT2D eigenvalue weighted by atomic mass is 16.4. The Hall–Kier alpha value is -3.15. The molecule has 25 heavy (non-hydrogen) atoms. The van der Waals surface area contributed by atoms with Gasteiger partial charge in [-0.3, -0.25) is 4.79 Å². The molecule has 1 fully saturated rings. The van der Waals surface area contributed by atoms with E-state index >= 15 is 0 Å². The maximum Gasteiger partial charge on any atom is 0.313 e. The molecule has 0 spiro atoms. The molecule has 6 heteroatoms. The quantitative estimate of drug-likeness (QED) is 0.789. The Labute approximate surface area is 145 Å². The number of benzene rings is 2. The van der Waals surface area contributed by atoms with Crippen LogP contribution in [0.1, 0.15) is 23.5 Å². The normalized spacial score (nSPS) is 13.8. The van der Waals surface area contributed by atoms with Crippen molar-refractivity contribution in [3.05, 3.63) is 60.5 Å². The van der Waals surface area contributed by atoms with E-state index in [2.05, 4.69) is 20.4 Å². The van der Waals surface area contributed by atoms with Gasteiger partial charge in [0.15, 0.2) is 0 Å². The van der Waals surface area contributed by atoms with Gasteiger partial charge in [0.2, 0.25) is 5.89 Å². The fraction of sp³-hybridized carbons (Fsp3) is 0.211. The molecular formula is C19H18N4O2. The van der Waals surface area contributed by atoms with E-state index in [0.717, 1.165) is 18.7 Å². The van der Waals surface area contributed by atoms with Crippen molar-refractivity contribution in [1.29, 1.82) is 0 Å². The van der Waals surface area contributed by atoms with Gasteiger partial charge < -0.3 is 14.6 Å². The number of aromatic nitrogens is 2. The van der Waals surface area contributed by atoms with Crippen LogP contribution >= 0.6 is 0 Å². The number of amides is 1. The first-order chi connectivity index (χ1) is 12.3. The second-order valence-electron chi connectivity index (χ2n) is 5.97. The van der Waals surface area contributed by atoms with Crippen molar-refractivity contribution in [3.63, 3.8) is 0 Å². The Balaban J connectivity index is 1.44. The van der Waals surface area contributed by atoms with Gasteiger partial charge in [-0.05, 0) is 49.2 Å². The van der Waals surface area contributed by atoms with Crippen molar-refractivity contribution >= 4 is 17.3 Å². The van der Waals surface area contributed by atoms with E-state index in [9.17, 15) is 4.79 Å². The highest BCUT2D eigenvalue weighted by molar-refractivity contribution is 6.01. The summed E-state index contributed by atoms with van der Waals surface area (Å²) in [6, 6.07) is 17.2. The first-order valence-corrected chi connectivity index (χ1v) is 8.35. The standard InChI is InChI=1S/C19H18N4O2/c24-17(19-22-21-18(25-19)14-6-2-1-3-7-14)20-15-8-10-16(11-9-15)23-12-4-5-13-23/h1-3,6-11H,4-5,12-13H2,(H,20,24). The van der Waals surface area contributed by atoms with Crippen molar-refractivity contribution in [3.8, 4) is 11.5 Å². The van der Waals surface area contributed by atoms with Crippen LogP contribution in [0.2, 0.25) is 0 Å². The Bertz CT molecular complexity index is 853. The van der Waals surface area contributed by atoms with E-state index < -0.39 is 5.91 Å². The summed E-state index contributed by atoms with van der Waals surface area (Å²) in [5.74, 6) is -0.138. The van der Waals surface area contributed by atoms with Gasteiger partial charge in [0.05, 0.1) is 0 Å². The lowest BCUT2D eigenvalue weighted by molar-refractivity contribution is 0.0991. The fourth-order valence-corrected chi connectivity index (χ4v) is 2.93. The molecule has 2 aromatic carbocycles. The lowest BCUT2D eigenvalue weighted by atomic mass is 10.2. The van der Waals surface area contributed by atoms with E-state index in [-0.39, 0.29) is 5.89 Å². The lowest BCUT2D eigenvalue weighted by Gasteiger charge is -2.17. The van der Waals surface area contributed by atoms with Crippen LogP contribution in [-0.2, 0) is 0 Å². The van der Waals surface area contributed by atoms with Gasteiger partial charge in [-0.1, -0.05) is 18.2 Å². The van der Waals surface area contributed by atoms with Crippen LogP contribution in [0.25, 0.3) is 11.5 Å². The van der Waals surface area contributed by atoms with E-state index in [1.165, 1.54) is 18.5 Å². The second kappa shape index (κ2) is 6.76.